The largest absolute Gasteiger partial charge is 0.378 e. The van der Waals surface area contributed by atoms with Gasteiger partial charge in [-0.2, -0.15) is 10.4 Å². The van der Waals surface area contributed by atoms with Crippen LogP contribution in [0.1, 0.15) is 29.2 Å². The van der Waals surface area contributed by atoms with Gasteiger partial charge in [0.2, 0.25) is 0 Å². The molecule has 0 fully saturated rings. The molecule has 2 heterocycles. The molecule has 0 amide bonds. The molecule has 0 saturated carbocycles. The summed E-state index contributed by atoms with van der Waals surface area (Å²) in [6, 6.07) is 18.7. The van der Waals surface area contributed by atoms with Crippen molar-refractivity contribution < 1.29 is 0 Å². The average molecular weight is 351 g/mol. The molecule has 2 N–H and O–H groups in total. The van der Waals surface area contributed by atoms with Crippen LogP contribution in [-0.4, -0.2) is 15.2 Å². The van der Waals surface area contributed by atoms with Gasteiger partial charge in [0.1, 0.15) is 5.69 Å². The van der Waals surface area contributed by atoms with Crippen LogP contribution >= 0.6 is 0 Å². The smallest absolute Gasteiger partial charge is 0.100 e. The van der Waals surface area contributed by atoms with Crippen molar-refractivity contribution in [2.45, 2.75) is 18.9 Å². The Bertz CT molecular complexity index is 1170. The Hall–Kier alpha value is -3.65. The van der Waals surface area contributed by atoms with E-state index in [-0.39, 0.29) is 6.04 Å². The number of benzene rings is 2. The first-order chi connectivity index (χ1) is 13.3. The molecule has 0 aliphatic heterocycles. The number of nitrogens with zero attached hydrogens (tertiary/aromatic N) is 3. The van der Waals surface area contributed by atoms with Gasteiger partial charge in [-0.1, -0.05) is 6.07 Å². The van der Waals surface area contributed by atoms with Gasteiger partial charge >= 0.3 is 0 Å². The van der Waals surface area contributed by atoms with Crippen molar-refractivity contribution in [3.8, 4) is 17.3 Å². The first-order valence-corrected chi connectivity index (χ1v) is 9.00. The van der Waals surface area contributed by atoms with E-state index < -0.39 is 0 Å². The lowest BCUT2D eigenvalue weighted by Crippen LogP contribution is -2.06. The average Bonchev–Trinajstić information content (AvgIpc) is 3.32. The number of pyridine rings is 1. The van der Waals surface area contributed by atoms with Crippen LogP contribution in [0.4, 0.5) is 5.69 Å². The molecule has 0 saturated heterocycles. The summed E-state index contributed by atoms with van der Waals surface area (Å²) in [4.78, 5) is 4.08. The van der Waals surface area contributed by atoms with E-state index >= 15 is 0 Å². The van der Waals surface area contributed by atoms with E-state index in [0.717, 1.165) is 46.3 Å². The van der Waals surface area contributed by atoms with Gasteiger partial charge in [0.15, 0.2) is 0 Å². The van der Waals surface area contributed by atoms with Gasteiger partial charge in [-0.25, -0.2) is 0 Å². The number of aryl methyl sites for hydroxylation is 1. The van der Waals surface area contributed by atoms with Gasteiger partial charge in [-0.3, -0.25) is 10.1 Å². The third-order valence-corrected chi connectivity index (χ3v) is 5.21. The molecule has 0 spiro atoms. The van der Waals surface area contributed by atoms with Crippen molar-refractivity contribution in [3.63, 3.8) is 0 Å². The molecule has 2 aromatic heterocycles. The van der Waals surface area contributed by atoms with Crippen molar-refractivity contribution in [2.75, 3.05) is 5.32 Å². The number of nitriles is 1. The highest BCUT2D eigenvalue weighted by Gasteiger charge is 2.22. The van der Waals surface area contributed by atoms with Crippen molar-refractivity contribution in [2.24, 2.45) is 0 Å². The van der Waals surface area contributed by atoms with Gasteiger partial charge < -0.3 is 5.32 Å². The summed E-state index contributed by atoms with van der Waals surface area (Å²) >= 11 is 0. The second-order valence-electron chi connectivity index (χ2n) is 6.83. The Morgan fingerprint density at radius 3 is 2.81 bits per heavy atom. The number of aromatic nitrogens is 3. The van der Waals surface area contributed by atoms with Gasteiger partial charge in [0, 0.05) is 29.0 Å². The quantitative estimate of drug-likeness (QED) is 0.566. The lowest BCUT2D eigenvalue weighted by atomic mass is 10.0. The highest BCUT2D eigenvalue weighted by Crippen LogP contribution is 2.35. The Labute approximate surface area is 156 Å². The van der Waals surface area contributed by atoms with E-state index in [1.165, 1.54) is 11.1 Å². The standard InChI is InChI=1S/C22H17N5/c23-13-14-1-4-18-16(11-14)2-5-20(18)25-17-3-6-21-19(12-17)22(27-26-21)15-7-9-24-10-8-15/h1,3-4,6-12,20,25H,2,5H2,(H,26,27). The predicted molar refractivity (Wildman–Crippen MR) is 105 cm³/mol. The van der Waals surface area contributed by atoms with Crippen LogP contribution in [0.3, 0.4) is 0 Å². The normalized spacial score (nSPS) is 15.4. The van der Waals surface area contributed by atoms with E-state index in [1.54, 1.807) is 12.4 Å². The third-order valence-electron chi connectivity index (χ3n) is 5.21. The SMILES string of the molecule is N#Cc1ccc2c(c1)CCC2Nc1ccc2[nH]nc(-c3ccncc3)c2c1. The predicted octanol–water partition coefficient (Wildman–Crippen LogP) is 4.60. The summed E-state index contributed by atoms with van der Waals surface area (Å²) in [5.74, 6) is 0. The highest BCUT2D eigenvalue weighted by molar-refractivity contribution is 5.94. The molecule has 4 aromatic rings. The summed E-state index contributed by atoms with van der Waals surface area (Å²) in [6.07, 6.45) is 5.59. The number of hydrogen-bond donors (Lipinski definition) is 2. The first-order valence-electron chi connectivity index (χ1n) is 9.00. The molecule has 27 heavy (non-hydrogen) atoms. The number of H-pyrrole nitrogens is 1. The molecule has 0 radical (unpaired) electrons. The molecule has 5 nitrogen and oxygen atoms in total. The van der Waals surface area contributed by atoms with Gasteiger partial charge in [-0.05, 0) is 66.4 Å². The van der Waals surface area contributed by atoms with E-state index in [1.807, 2.05) is 24.3 Å². The number of fused-ring (bicyclic) bond motifs is 2. The molecule has 1 aliphatic carbocycles. The zero-order valence-corrected chi connectivity index (χ0v) is 14.6. The Kier molecular flexibility index (Phi) is 3.61. The number of rotatable bonds is 3. The number of anilines is 1. The van der Waals surface area contributed by atoms with E-state index in [4.69, 9.17) is 5.26 Å². The first kappa shape index (κ1) is 15.6. The number of hydrogen-bond acceptors (Lipinski definition) is 4. The van der Waals surface area contributed by atoms with Crippen molar-refractivity contribution in [1.82, 2.24) is 15.2 Å². The monoisotopic (exact) mass is 351 g/mol. The fraction of sp³-hybridized carbons (Fsp3) is 0.136. The van der Waals surface area contributed by atoms with Gasteiger partial charge in [0.05, 0.1) is 23.2 Å². The number of aromatic amines is 1. The van der Waals surface area contributed by atoms with E-state index in [0.29, 0.717) is 0 Å². The molecule has 5 heteroatoms. The van der Waals surface area contributed by atoms with Crippen LogP contribution in [-0.2, 0) is 6.42 Å². The zero-order valence-electron chi connectivity index (χ0n) is 14.6. The topological polar surface area (TPSA) is 77.4 Å². The molecule has 1 atom stereocenters. The fourth-order valence-electron chi connectivity index (χ4n) is 3.87. The van der Waals surface area contributed by atoms with Crippen molar-refractivity contribution in [3.05, 3.63) is 77.6 Å². The molecule has 1 aliphatic rings. The summed E-state index contributed by atoms with van der Waals surface area (Å²) in [6.45, 7) is 0. The minimum absolute atomic E-state index is 0.265. The summed E-state index contributed by atoms with van der Waals surface area (Å²) in [5, 5.41) is 21.4. The molecule has 0 bridgehead atoms. The second-order valence-corrected chi connectivity index (χ2v) is 6.83. The zero-order chi connectivity index (χ0) is 18.2. The lowest BCUT2D eigenvalue weighted by molar-refractivity contribution is 0.762. The van der Waals surface area contributed by atoms with Crippen LogP contribution in [0.2, 0.25) is 0 Å². The van der Waals surface area contributed by atoms with Crippen LogP contribution in [0.5, 0.6) is 0 Å². The molecule has 2 aromatic carbocycles. The van der Waals surface area contributed by atoms with Crippen molar-refractivity contribution >= 4 is 16.6 Å². The molecule has 1 unspecified atom stereocenters. The van der Waals surface area contributed by atoms with Crippen LogP contribution < -0.4 is 5.32 Å². The minimum Gasteiger partial charge on any atom is -0.378 e. The van der Waals surface area contributed by atoms with E-state index in [9.17, 15) is 0 Å². The maximum atomic E-state index is 9.09. The highest BCUT2D eigenvalue weighted by atomic mass is 15.1. The third kappa shape index (κ3) is 2.72. The van der Waals surface area contributed by atoms with Crippen LogP contribution in [0.15, 0.2) is 60.9 Å². The molecule has 5 rings (SSSR count). The summed E-state index contributed by atoms with van der Waals surface area (Å²) < 4.78 is 0. The fourth-order valence-corrected chi connectivity index (χ4v) is 3.87. The maximum absolute atomic E-state index is 9.09. The second kappa shape index (κ2) is 6.26. The van der Waals surface area contributed by atoms with Crippen LogP contribution in [0.25, 0.3) is 22.2 Å². The minimum atomic E-state index is 0.265. The van der Waals surface area contributed by atoms with Gasteiger partial charge in [-0.15, -0.1) is 0 Å². The molecular formula is C22H17N5. The van der Waals surface area contributed by atoms with Crippen LogP contribution in [0, 0.1) is 11.3 Å². The van der Waals surface area contributed by atoms with Gasteiger partial charge in [0.25, 0.3) is 0 Å². The Morgan fingerprint density at radius 1 is 1.07 bits per heavy atom. The Morgan fingerprint density at radius 2 is 1.96 bits per heavy atom. The maximum Gasteiger partial charge on any atom is 0.100 e. The molecular weight excluding hydrogens is 334 g/mol. The summed E-state index contributed by atoms with van der Waals surface area (Å²) in [5.41, 5.74) is 7.35. The number of nitrogens with one attached hydrogen (secondary N) is 2. The summed E-state index contributed by atoms with van der Waals surface area (Å²) in [7, 11) is 0. The molecule has 130 valence electrons. The van der Waals surface area contributed by atoms with Crippen molar-refractivity contribution in [1.29, 1.82) is 5.26 Å². The van der Waals surface area contributed by atoms with E-state index in [2.05, 4.69) is 50.8 Å². The lowest BCUT2D eigenvalue weighted by Gasteiger charge is -2.16. The Balaban J connectivity index is 1.48.